The van der Waals surface area contributed by atoms with E-state index in [1.165, 1.54) is 16.4 Å². The van der Waals surface area contributed by atoms with Crippen LogP contribution in [0.4, 0.5) is 0 Å². The van der Waals surface area contributed by atoms with Crippen molar-refractivity contribution in [1.29, 1.82) is 0 Å². The molecule has 1 heterocycles. The lowest BCUT2D eigenvalue weighted by molar-refractivity contribution is 0.0950. The number of carbonyl (C=O) groups excluding carboxylic acids is 1. The van der Waals surface area contributed by atoms with Gasteiger partial charge >= 0.3 is 0 Å². The number of nitrogens with zero attached hydrogens (tertiary/aromatic N) is 1. The number of sulfonamides is 1. The van der Waals surface area contributed by atoms with Gasteiger partial charge in [-0.05, 0) is 51.1 Å². The van der Waals surface area contributed by atoms with Gasteiger partial charge in [0.25, 0.3) is 5.91 Å². The minimum Gasteiger partial charge on any atom is -0.350 e. The second kappa shape index (κ2) is 9.36. The van der Waals surface area contributed by atoms with E-state index in [1.54, 1.807) is 12.1 Å². The standard InChI is InChI=1S/C16H25N3O3S.ClH/c1-13(17-2)12-18-16(20)14-6-8-15(9-7-14)23(21,22)19-10-4-3-5-11-19;/h6-9,13,17H,3-5,10-12H2,1-2H3,(H,18,20);1H. The largest absolute Gasteiger partial charge is 0.350 e. The molecular formula is C16H26ClN3O3S. The lowest BCUT2D eigenvalue weighted by Gasteiger charge is -2.25. The lowest BCUT2D eigenvalue weighted by Crippen LogP contribution is -2.37. The first-order valence-electron chi connectivity index (χ1n) is 8.01. The van der Waals surface area contributed by atoms with Crippen molar-refractivity contribution < 1.29 is 13.2 Å². The van der Waals surface area contributed by atoms with Crippen LogP contribution in [-0.2, 0) is 10.0 Å². The summed E-state index contributed by atoms with van der Waals surface area (Å²) in [5.41, 5.74) is 0.464. The lowest BCUT2D eigenvalue weighted by atomic mass is 10.2. The molecule has 1 aliphatic heterocycles. The van der Waals surface area contributed by atoms with E-state index in [-0.39, 0.29) is 29.3 Å². The molecule has 0 aromatic heterocycles. The Kier molecular flexibility index (Phi) is 8.15. The van der Waals surface area contributed by atoms with Crippen molar-refractivity contribution in [2.24, 2.45) is 0 Å². The van der Waals surface area contributed by atoms with Crippen LogP contribution in [0.5, 0.6) is 0 Å². The highest BCUT2D eigenvalue weighted by atomic mass is 35.5. The zero-order chi connectivity index (χ0) is 16.9. The van der Waals surface area contributed by atoms with Crippen molar-refractivity contribution in [2.75, 3.05) is 26.7 Å². The number of amides is 1. The molecule has 2 rings (SSSR count). The summed E-state index contributed by atoms with van der Waals surface area (Å²) in [7, 11) is -1.61. The number of likely N-dealkylation sites (N-methyl/N-ethyl adjacent to an activating group) is 1. The summed E-state index contributed by atoms with van der Waals surface area (Å²) in [6.07, 6.45) is 2.89. The van der Waals surface area contributed by atoms with Crippen molar-refractivity contribution in [3.05, 3.63) is 29.8 Å². The van der Waals surface area contributed by atoms with Gasteiger partial charge in [0.1, 0.15) is 0 Å². The number of piperidine rings is 1. The maximum absolute atomic E-state index is 12.5. The average molecular weight is 376 g/mol. The Hall–Kier alpha value is -1.15. The fourth-order valence-electron chi connectivity index (χ4n) is 2.48. The molecule has 6 nitrogen and oxygen atoms in total. The number of hydrogen-bond donors (Lipinski definition) is 2. The molecule has 1 aromatic rings. The first-order valence-corrected chi connectivity index (χ1v) is 9.45. The Balaban J connectivity index is 0.00000288. The van der Waals surface area contributed by atoms with E-state index in [0.29, 0.717) is 25.2 Å². The molecule has 0 saturated carbocycles. The molecule has 0 aliphatic carbocycles. The smallest absolute Gasteiger partial charge is 0.251 e. The van der Waals surface area contributed by atoms with Crippen LogP contribution in [0.3, 0.4) is 0 Å². The number of benzene rings is 1. The predicted octanol–water partition coefficient (Wildman–Crippen LogP) is 1.62. The first-order chi connectivity index (χ1) is 10.9. The van der Waals surface area contributed by atoms with Crippen molar-refractivity contribution >= 4 is 28.3 Å². The summed E-state index contributed by atoms with van der Waals surface area (Å²) in [4.78, 5) is 12.3. The monoisotopic (exact) mass is 375 g/mol. The second-order valence-electron chi connectivity index (χ2n) is 5.89. The van der Waals surface area contributed by atoms with Crippen LogP contribution in [-0.4, -0.2) is 51.4 Å². The molecule has 2 N–H and O–H groups in total. The van der Waals surface area contributed by atoms with Gasteiger partial charge in [-0.15, -0.1) is 12.4 Å². The summed E-state index contributed by atoms with van der Waals surface area (Å²) in [5, 5.41) is 5.85. The maximum atomic E-state index is 12.5. The van der Waals surface area contributed by atoms with Gasteiger partial charge in [-0.25, -0.2) is 8.42 Å². The van der Waals surface area contributed by atoms with Gasteiger partial charge in [0.15, 0.2) is 0 Å². The molecule has 1 fully saturated rings. The molecule has 1 unspecified atom stereocenters. The van der Waals surface area contributed by atoms with Crippen LogP contribution in [0, 0.1) is 0 Å². The van der Waals surface area contributed by atoms with Gasteiger partial charge in [0, 0.05) is 31.2 Å². The Morgan fingerprint density at radius 1 is 1.17 bits per heavy atom. The van der Waals surface area contributed by atoms with E-state index in [1.807, 2.05) is 14.0 Å². The molecule has 8 heteroatoms. The van der Waals surface area contributed by atoms with Crippen LogP contribution in [0.1, 0.15) is 36.5 Å². The predicted molar refractivity (Wildman–Crippen MR) is 97.2 cm³/mol. The summed E-state index contributed by atoms with van der Waals surface area (Å²) in [5.74, 6) is -0.200. The van der Waals surface area contributed by atoms with E-state index >= 15 is 0 Å². The summed E-state index contributed by atoms with van der Waals surface area (Å²) in [6.45, 7) is 3.64. The fourth-order valence-corrected chi connectivity index (χ4v) is 4.00. The van der Waals surface area contributed by atoms with Crippen LogP contribution in [0.2, 0.25) is 0 Å². The van der Waals surface area contributed by atoms with Gasteiger partial charge < -0.3 is 10.6 Å². The van der Waals surface area contributed by atoms with E-state index in [4.69, 9.17) is 0 Å². The minimum absolute atomic E-state index is 0. The van der Waals surface area contributed by atoms with E-state index in [0.717, 1.165) is 19.3 Å². The third kappa shape index (κ3) is 5.17. The molecule has 136 valence electrons. The molecular weight excluding hydrogens is 350 g/mol. The molecule has 1 aromatic carbocycles. The Morgan fingerprint density at radius 3 is 2.29 bits per heavy atom. The molecule has 1 aliphatic rings. The van der Waals surface area contributed by atoms with E-state index in [9.17, 15) is 13.2 Å². The zero-order valence-electron chi connectivity index (χ0n) is 14.1. The Bertz CT molecular complexity index is 628. The minimum atomic E-state index is -3.44. The topological polar surface area (TPSA) is 78.5 Å². The highest BCUT2D eigenvalue weighted by molar-refractivity contribution is 7.89. The maximum Gasteiger partial charge on any atom is 0.251 e. The van der Waals surface area contributed by atoms with Crippen LogP contribution in [0.25, 0.3) is 0 Å². The van der Waals surface area contributed by atoms with Crippen LogP contribution < -0.4 is 10.6 Å². The summed E-state index contributed by atoms with van der Waals surface area (Å²) in [6, 6.07) is 6.34. The zero-order valence-corrected chi connectivity index (χ0v) is 15.8. The van der Waals surface area contributed by atoms with E-state index < -0.39 is 10.0 Å². The van der Waals surface area contributed by atoms with Gasteiger partial charge in [-0.2, -0.15) is 4.31 Å². The molecule has 24 heavy (non-hydrogen) atoms. The Morgan fingerprint density at radius 2 is 1.75 bits per heavy atom. The van der Waals surface area contributed by atoms with Gasteiger partial charge in [0.05, 0.1) is 4.90 Å². The molecule has 1 atom stereocenters. The number of rotatable bonds is 6. The quantitative estimate of drug-likeness (QED) is 0.792. The molecule has 1 saturated heterocycles. The van der Waals surface area contributed by atoms with Gasteiger partial charge in [0.2, 0.25) is 10.0 Å². The third-order valence-electron chi connectivity index (χ3n) is 4.13. The molecule has 0 bridgehead atoms. The van der Waals surface area contributed by atoms with E-state index in [2.05, 4.69) is 10.6 Å². The molecule has 0 spiro atoms. The van der Waals surface area contributed by atoms with Crippen LogP contribution >= 0.6 is 12.4 Å². The van der Waals surface area contributed by atoms with Crippen molar-refractivity contribution in [1.82, 2.24) is 14.9 Å². The fraction of sp³-hybridized carbons (Fsp3) is 0.562. The number of hydrogen-bond acceptors (Lipinski definition) is 4. The van der Waals surface area contributed by atoms with Gasteiger partial charge in [-0.1, -0.05) is 6.42 Å². The first kappa shape index (κ1) is 20.9. The summed E-state index contributed by atoms with van der Waals surface area (Å²) >= 11 is 0. The molecule has 1 amide bonds. The SMILES string of the molecule is CNC(C)CNC(=O)c1ccc(S(=O)(=O)N2CCCCC2)cc1.Cl. The normalized spacial score (nSPS) is 16.9. The van der Waals surface area contributed by atoms with Gasteiger partial charge in [-0.3, -0.25) is 4.79 Å². The number of nitrogens with one attached hydrogen (secondary N) is 2. The van der Waals surface area contributed by atoms with Crippen molar-refractivity contribution in [2.45, 2.75) is 37.1 Å². The average Bonchev–Trinajstić information content (AvgIpc) is 2.60. The number of carbonyl (C=O) groups is 1. The highest BCUT2D eigenvalue weighted by Crippen LogP contribution is 2.20. The highest BCUT2D eigenvalue weighted by Gasteiger charge is 2.25. The van der Waals surface area contributed by atoms with Crippen LogP contribution in [0.15, 0.2) is 29.2 Å². The number of halogens is 1. The van der Waals surface area contributed by atoms with Crippen molar-refractivity contribution in [3.8, 4) is 0 Å². The summed E-state index contributed by atoms with van der Waals surface area (Å²) < 4.78 is 26.6. The Labute approximate surface area is 150 Å². The third-order valence-corrected chi connectivity index (χ3v) is 6.04. The van der Waals surface area contributed by atoms with Crippen molar-refractivity contribution in [3.63, 3.8) is 0 Å². The second-order valence-corrected chi connectivity index (χ2v) is 7.83. The molecule has 0 radical (unpaired) electrons.